The molecule has 0 N–H and O–H groups in total. The van der Waals surface area contributed by atoms with E-state index in [4.69, 9.17) is 0 Å². The molecule has 1 spiro atoms. The molecule has 0 fully saturated rings. The van der Waals surface area contributed by atoms with Crippen LogP contribution in [0.25, 0.3) is 54.2 Å². The van der Waals surface area contributed by atoms with Crippen molar-refractivity contribution in [1.29, 1.82) is 0 Å². The average molecular weight is 666 g/mol. The molecule has 0 radical (unpaired) electrons. The Morgan fingerprint density at radius 3 is 1.76 bits per heavy atom. The summed E-state index contributed by atoms with van der Waals surface area (Å²) in [5.41, 5.74) is 15.0. The van der Waals surface area contributed by atoms with Crippen LogP contribution in [0, 0.1) is 0 Å². The summed E-state index contributed by atoms with van der Waals surface area (Å²) in [6.07, 6.45) is 0. The first-order chi connectivity index (χ1) is 25.3. The second-order valence-electron chi connectivity index (χ2n) is 13.6. The fourth-order valence-corrected chi connectivity index (χ4v) is 10.4. The van der Waals surface area contributed by atoms with Crippen molar-refractivity contribution in [2.45, 2.75) is 5.41 Å². The van der Waals surface area contributed by atoms with Crippen LogP contribution < -0.4 is 4.90 Å². The maximum atomic E-state index is 2.49. The molecular formula is C49H31NS. The number of para-hydroxylation sites is 1. The number of hydrogen-bond donors (Lipinski definition) is 0. The second kappa shape index (κ2) is 10.9. The summed E-state index contributed by atoms with van der Waals surface area (Å²) in [6, 6.07) is 69.4. The van der Waals surface area contributed by atoms with Crippen LogP contribution in [0.5, 0.6) is 0 Å². The lowest BCUT2D eigenvalue weighted by Crippen LogP contribution is -2.25. The van der Waals surface area contributed by atoms with E-state index in [0.29, 0.717) is 0 Å². The lowest BCUT2D eigenvalue weighted by Gasteiger charge is -2.31. The van der Waals surface area contributed by atoms with E-state index < -0.39 is 5.41 Å². The van der Waals surface area contributed by atoms with Gasteiger partial charge < -0.3 is 4.90 Å². The van der Waals surface area contributed by atoms with E-state index in [2.05, 4.69) is 193 Å². The van der Waals surface area contributed by atoms with E-state index in [9.17, 15) is 0 Å². The Kier molecular flexibility index (Phi) is 6.11. The third-order valence-electron chi connectivity index (χ3n) is 11.1. The van der Waals surface area contributed by atoms with Crippen LogP contribution in [0.15, 0.2) is 188 Å². The fraction of sp³-hybridized carbons (Fsp3) is 0.0204. The maximum Gasteiger partial charge on any atom is 0.0820 e. The molecule has 0 atom stereocenters. The van der Waals surface area contributed by atoms with Crippen molar-refractivity contribution in [3.63, 3.8) is 0 Å². The highest BCUT2D eigenvalue weighted by Crippen LogP contribution is 2.66. The molecule has 1 heterocycles. The molecule has 1 aromatic heterocycles. The molecule has 1 nitrogen and oxygen atoms in total. The topological polar surface area (TPSA) is 3.24 Å². The molecule has 51 heavy (non-hydrogen) atoms. The Balaban J connectivity index is 1.14. The van der Waals surface area contributed by atoms with E-state index in [1.807, 2.05) is 11.3 Å². The van der Waals surface area contributed by atoms with Crippen molar-refractivity contribution in [1.82, 2.24) is 0 Å². The molecule has 9 aromatic rings. The first-order valence-corrected chi connectivity index (χ1v) is 18.4. The van der Waals surface area contributed by atoms with Gasteiger partial charge in [-0.05, 0) is 97.7 Å². The zero-order valence-electron chi connectivity index (χ0n) is 27.8. The molecule has 11 rings (SSSR count). The van der Waals surface area contributed by atoms with Crippen LogP contribution >= 0.6 is 11.3 Å². The van der Waals surface area contributed by atoms with E-state index in [0.717, 1.165) is 17.1 Å². The van der Waals surface area contributed by atoms with Crippen LogP contribution in [-0.2, 0) is 5.41 Å². The van der Waals surface area contributed by atoms with Crippen LogP contribution in [0.3, 0.4) is 0 Å². The maximum absolute atomic E-state index is 2.49. The lowest BCUT2D eigenvalue weighted by molar-refractivity contribution is 0.811. The number of thiophene rings is 1. The van der Waals surface area contributed by atoms with Crippen LogP contribution in [0.1, 0.15) is 21.6 Å². The van der Waals surface area contributed by atoms with Crippen LogP contribution in [0.2, 0.25) is 0 Å². The third kappa shape index (κ3) is 3.97. The van der Waals surface area contributed by atoms with E-state index in [1.54, 1.807) is 0 Å². The lowest BCUT2D eigenvalue weighted by atomic mass is 9.73. The predicted molar refractivity (Wildman–Crippen MR) is 216 cm³/mol. The number of fused-ring (bicyclic) bond motifs is 13. The highest BCUT2D eigenvalue weighted by Gasteiger charge is 2.53. The molecule has 8 aromatic carbocycles. The Hall–Kier alpha value is -6.22. The van der Waals surface area contributed by atoms with Crippen LogP contribution in [-0.4, -0.2) is 0 Å². The molecule has 0 saturated heterocycles. The smallest absolute Gasteiger partial charge is 0.0820 e. The highest BCUT2D eigenvalue weighted by atomic mass is 32.1. The van der Waals surface area contributed by atoms with E-state index >= 15 is 0 Å². The summed E-state index contributed by atoms with van der Waals surface area (Å²) in [7, 11) is 0. The molecule has 0 bridgehead atoms. The van der Waals surface area contributed by atoms with Gasteiger partial charge in [0, 0.05) is 37.6 Å². The summed E-state index contributed by atoms with van der Waals surface area (Å²) < 4.78 is 1.34. The van der Waals surface area contributed by atoms with Crippen molar-refractivity contribution in [2.24, 2.45) is 0 Å². The molecule has 2 heteroatoms. The number of benzene rings is 8. The van der Waals surface area contributed by atoms with Gasteiger partial charge in [-0.25, -0.2) is 0 Å². The first kappa shape index (κ1) is 28.6. The number of nitrogens with zero attached hydrogens (tertiary/aromatic N) is 1. The van der Waals surface area contributed by atoms with Gasteiger partial charge in [0.2, 0.25) is 0 Å². The van der Waals surface area contributed by atoms with Gasteiger partial charge in [-0.2, -0.15) is 0 Å². The fourth-order valence-electron chi connectivity index (χ4n) is 8.96. The SMILES string of the molecule is c1ccc(N(c2ccc(-c3cccc4ccccc34)cc2)c2ccc3c(c2)C2(c4ccccc4-c4ccccc42)c2sc4ccccc4c2-3)cc1. The predicted octanol–water partition coefficient (Wildman–Crippen LogP) is 13.5. The monoisotopic (exact) mass is 665 g/mol. The Morgan fingerprint density at radius 1 is 0.392 bits per heavy atom. The molecule has 0 aliphatic heterocycles. The molecular weight excluding hydrogens is 635 g/mol. The summed E-state index contributed by atoms with van der Waals surface area (Å²) >= 11 is 1.96. The summed E-state index contributed by atoms with van der Waals surface area (Å²) in [5.74, 6) is 0. The van der Waals surface area contributed by atoms with E-state index in [1.165, 1.54) is 75.8 Å². The molecule has 2 aliphatic carbocycles. The Labute approximate surface area is 301 Å². The Morgan fingerprint density at radius 2 is 0.980 bits per heavy atom. The second-order valence-corrected chi connectivity index (χ2v) is 14.7. The van der Waals surface area contributed by atoms with Crippen LogP contribution in [0.4, 0.5) is 17.1 Å². The van der Waals surface area contributed by atoms with Gasteiger partial charge in [0.25, 0.3) is 0 Å². The highest BCUT2D eigenvalue weighted by molar-refractivity contribution is 7.20. The number of hydrogen-bond acceptors (Lipinski definition) is 2. The van der Waals surface area contributed by atoms with Gasteiger partial charge in [-0.1, -0.05) is 146 Å². The van der Waals surface area contributed by atoms with Crippen molar-refractivity contribution >= 4 is 49.3 Å². The van der Waals surface area contributed by atoms with Crippen molar-refractivity contribution in [3.05, 3.63) is 210 Å². The number of anilines is 3. The quantitative estimate of drug-likeness (QED) is 0.181. The van der Waals surface area contributed by atoms with Gasteiger partial charge in [0.1, 0.15) is 0 Å². The number of rotatable bonds is 4. The largest absolute Gasteiger partial charge is 0.310 e. The van der Waals surface area contributed by atoms with Crippen molar-refractivity contribution in [3.8, 4) is 33.4 Å². The normalized spacial score (nSPS) is 13.3. The van der Waals surface area contributed by atoms with E-state index in [-0.39, 0.29) is 0 Å². The third-order valence-corrected chi connectivity index (χ3v) is 12.4. The molecule has 2 aliphatic rings. The first-order valence-electron chi connectivity index (χ1n) is 17.6. The minimum atomic E-state index is -0.391. The summed E-state index contributed by atoms with van der Waals surface area (Å²) in [5, 5.41) is 3.87. The molecule has 0 amide bonds. The van der Waals surface area contributed by atoms with Crippen molar-refractivity contribution in [2.75, 3.05) is 4.90 Å². The standard InChI is InChI=1S/C49H31NS/c1-2-15-34(16-3-1)50(35-27-25-33(26-28-35)38-21-12-14-32-13-4-5-17-37(32)38)36-29-30-41-45(31-36)49(48-47(41)42-20-8-11-24-46(42)51-48)43-22-9-6-18-39(43)40-19-7-10-23-44(40)49/h1-31H. The molecule has 0 saturated carbocycles. The minimum Gasteiger partial charge on any atom is -0.310 e. The van der Waals surface area contributed by atoms with Gasteiger partial charge in [0.05, 0.1) is 5.41 Å². The van der Waals surface area contributed by atoms with Gasteiger partial charge in [-0.3, -0.25) is 0 Å². The average Bonchev–Trinajstić information content (AvgIpc) is 3.82. The van der Waals surface area contributed by atoms with Crippen molar-refractivity contribution < 1.29 is 0 Å². The molecule has 238 valence electrons. The molecule has 0 unspecified atom stereocenters. The Bertz CT molecular complexity index is 2760. The van der Waals surface area contributed by atoms with Gasteiger partial charge in [-0.15, -0.1) is 11.3 Å². The zero-order chi connectivity index (χ0) is 33.5. The van der Waals surface area contributed by atoms with Gasteiger partial charge >= 0.3 is 0 Å². The minimum absolute atomic E-state index is 0.391. The summed E-state index contributed by atoms with van der Waals surface area (Å²) in [6.45, 7) is 0. The van der Waals surface area contributed by atoms with Gasteiger partial charge in [0.15, 0.2) is 0 Å². The summed E-state index contributed by atoms with van der Waals surface area (Å²) in [4.78, 5) is 3.84. The zero-order valence-corrected chi connectivity index (χ0v) is 28.6.